The molecular formula is C24H26ClN3O4S. The molecule has 1 aliphatic rings. The molecule has 2 aromatic carbocycles. The van der Waals surface area contributed by atoms with Crippen molar-refractivity contribution in [3.63, 3.8) is 0 Å². The number of nitrogens with one attached hydrogen (secondary N) is 3. The number of aromatic nitrogens is 1. The van der Waals surface area contributed by atoms with Crippen LogP contribution in [-0.4, -0.2) is 25.4 Å². The van der Waals surface area contributed by atoms with E-state index in [0.717, 1.165) is 25.7 Å². The number of benzene rings is 2. The zero-order valence-corrected chi connectivity index (χ0v) is 20.0. The van der Waals surface area contributed by atoms with Crippen LogP contribution in [0.3, 0.4) is 0 Å². The molecule has 1 aromatic heterocycles. The van der Waals surface area contributed by atoms with Crippen molar-refractivity contribution < 1.29 is 13.2 Å². The zero-order valence-electron chi connectivity index (χ0n) is 18.4. The number of aromatic amines is 1. The Morgan fingerprint density at radius 3 is 2.67 bits per heavy atom. The summed E-state index contributed by atoms with van der Waals surface area (Å²) in [6, 6.07) is 9.17. The van der Waals surface area contributed by atoms with Gasteiger partial charge >= 0.3 is 0 Å². The van der Waals surface area contributed by atoms with Gasteiger partial charge in [-0.3, -0.25) is 14.3 Å². The highest BCUT2D eigenvalue weighted by Crippen LogP contribution is 2.26. The SMILES string of the molecule is Cc1c(Cl)cccc1NS(=O)(=O)c1ccc2[nH]cc(C(=O)NC3CCCCC3C)c(=O)c2c1. The Morgan fingerprint density at radius 2 is 1.91 bits per heavy atom. The van der Waals surface area contributed by atoms with Crippen LogP contribution in [0.2, 0.25) is 5.02 Å². The molecule has 2 atom stereocenters. The van der Waals surface area contributed by atoms with E-state index in [1.807, 2.05) is 0 Å². The number of rotatable bonds is 5. The van der Waals surface area contributed by atoms with Gasteiger partial charge < -0.3 is 10.3 Å². The number of pyridine rings is 1. The molecule has 1 aliphatic carbocycles. The fourth-order valence-corrected chi connectivity index (χ4v) is 5.56. The molecule has 3 N–H and O–H groups in total. The molecule has 1 heterocycles. The lowest BCUT2D eigenvalue weighted by Crippen LogP contribution is -2.42. The number of amides is 1. The second-order valence-electron chi connectivity index (χ2n) is 8.60. The van der Waals surface area contributed by atoms with Gasteiger partial charge in [-0.05, 0) is 61.6 Å². The summed E-state index contributed by atoms with van der Waals surface area (Å²) in [5.74, 6) is -0.0992. The Morgan fingerprint density at radius 1 is 1.15 bits per heavy atom. The first-order valence-electron chi connectivity index (χ1n) is 10.9. The summed E-state index contributed by atoms with van der Waals surface area (Å²) in [5, 5.41) is 3.55. The molecule has 0 bridgehead atoms. The zero-order chi connectivity index (χ0) is 23.8. The lowest BCUT2D eigenvalue weighted by atomic mass is 9.86. The van der Waals surface area contributed by atoms with E-state index in [0.29, 0.717) is 27.7 Å². The maximum atomic E-state index is 13.1. The van der Waals surface area contributed by atoms with Crippen molar-refractivity contribution in [1.29, 1.82) is 0 Å². The summed E-state index contributed by atoms with van der Waals surface area (Å²) < 4.78 is 28.5. The van der Waals surface area contributed by atoms with E-state index < -0.39 is 21.4 Å². The van der Waals surface area contributed by atoms with Crippen molar-refractivity contribution in [3.05, 3.63) is 69.0 Å². The molecule has 9 heteroatoms. The second-order valence-corrected chi connectivity index (χ2v) is 10.7. The van der Waals surface area contributed by atoms with E-state index >= 15 is 0 Å². The third-order valence-electron chi connectivity index (χ3n) is 6.35. The normalized spacial score (nSPS) is 18.8. The van der Waals surface area contributed by atoms with Gasteiger partial charge in [0.2, 0.25) is 5.43 Å². The standard InChI is InChI=1S/C24H26ClN3O4S/c1-14-6-3-4-8-20(14)27-24(30)18-13-26-22-11-10-16(12-17(22)23(18)29)33(31,32)28-21-9-5-7-19(25)15(21)2/h5,7,9-14,20,28H,3-4,6,8H2,1-2H3,(H,26,29)(H,27,30). The summed E-state index contributed by atoms with van der Waals surface area (Å²) in [6.45, 7) is 3.81. The molecule has 1 saturated carbocycles. The van der Waals surface area contributed by atoms with Crippen LogP contribution in [-0.2, 0) is 10.0 Å². The van der Waals surface area contributed by atoms with Gasteiger partial charge in [0.1, 0.15) is 5.56 Å². The van der Waals surface area contributed by atoms with Crippen LogP contribution in [0.15, 0.2) is 52.3 Å². The van der Waals surface area contributed by atoms with Crippen molar-refractivity contribution in [3.8, 4) is 0 Å². The van der Waals surface area contributed by atoms with Crippen molar-refractivity contribution in [1.82, 2.24) is 10.3 Å². The molecule has 4 rings (SSSR count). The van der Waals surface area contributed by atoms with Crippen LogP contribution in [0.25, 0.3) is 10.9 Å². The van der Waals surface area contributed by atoms with Crippen LogP contribution < -0.4 is 15.5 Å². The largest absolute Gasteiger partial charge is 0.360 e. The van der Waals surface area contributed by atoms with Gasteiger partial charge in [0, 0.05) is 28.2 Å². The molecule has 33 heavy (non-hydrogen) atoms. The number of carbonyl (C=O) groups is 1. The molecule has 0 radical (unpaired) electrons. The van der Waals surface area contributed by atoms with Gasteiger partial charge in [0.05, 0.1) is 10.6 Å². The van der Waals surface area contributed by atoms with Gasteiger partial charge in [-0.25, -0.2) is 8.42 Å². The highest BCUT2D eigenvalue weighted by Gasteiger charge is 2.25. The summed E-state index contributed by atoms with van der Waals surface area (Å²) in [6.07, 6.45) is 5.50. The van der Waals surface area contributed by atoms with Gasteiger partial charge in [-0.2, -0.15) is 0 Å². The summed E-state index contributed by atoms with van der Waals surface area (Å²) in [5.41, 5.74) is 0.846. The first kappa shape index (κ1) is 23.3. The lowest BCUT2D eigenvalue weighted by molar-refractivity contribution is 0.0909. The molecular weight excluding hydrogens is 462 g/mol. The summed E-state index contributed by atoms with van der Waals surface area (Å²) in [4.78, 5) is 28.8. The minimum atomic E-state index is -3.99. The van der Waals surface area contributed by atoms with Crippen molar-refractivity contribution in [2.24, 2.45) is 5.92 Å². The van der Waals surface area contributed by atoms with Gasteiger partial charge in [-0.1, -0.05) is 37.4 Å². The Kier molecular flexibility index (Phi) is 6.50. The Balaban J connectivity index is 1.66. The Hall–Kier alpha value is -2.84. The molecule has 0 saturated heterocycles. The highest BCUT2D eigenvalue weighted by atomic mass is 35.5. The Labute approximate surface area is 197 Å². The van der Waals surface area contributed by atoms with Crippen molar-refractivity contribution >= 4 is 44.1 Å². The molecule has 0 spiro atoms. The second kappa shape index (κ2) is 9.19. The van der Waals surface area contributed by atoms with Gasteiger partial charge in [0.25, 0.3) is 15.9 Å². The highest BCUT2D eigenvalue weighted by molar-refractivity contribution is 7.92. The maximum Gasteiger partial charge on any atom is 0.261 e. The summed E-state index contributed by atoms with van der Waals surface area (Å²) >= 11 is 6.10. The number of hydrogen-bond donors (Lipinski definition) is 3. The van der Waals surface area contributed by atoms with Crippen LogP contribution in [0.4, 0.5) is 5.69 Å². The molecule has 3 aromatic rings. The van der Waals surface area contributed by atoms with Gasteiger partial charge in [-0.15, -0.1) is 0 Å². The average Bonchev–Trinajstić information content (AvgIpc) is 2.78. The predicted octanol–water partition coefficient (Wildman–Crippen LogP) is 4.60. The average molecular weight is 488 g/mol. The van der Waals surface area contributed by atoms with Crippen molar-refractivity contribution in [2.75, 3.05) is 4.72 Å². The molecule has 1 fully saturated rings. The summed E-state index contributed by atoms with van der Waals surface area (Å²) in [7, 11) is -3.99. The van der Waals surface area contributed by atoms with E-state index in [4.69, 9.17) is 11.6 Å². The number of sulfonamides is 1. The minimum absolute atomic E-state index is 0.0261. The van der Waals surface area contributed by atoms with E-state index in [1.165, 1.54) is 24.4 Å². The molecule has 2 unspecified atom stereocenters. The number of H-pyrrole nitrogens is 1. The van der Waals surface area contributed by atoms with E-state index in [1.54, 1.807) is 25.1 Å². The fraction of sp³-hybridized carbons (Fsp3) is 0.333. The van der Waals surface area contributed by atoms with E-state index in [9.17, 15) is 18.0 Å². The number of halogens is 1. The molecule has 0 aliphatic heterocycles. The predicted molar refractivity (Wildman–Crippen MR) is 130 cm³/mol. The number of carbonyl (C=O) groups excluding carboxylic acids is 1. The number of anilines is 1. The van der Waals surface area contributed by atoms with Crippen LogP contribution in [0.1, 0.15) is 48.5 Å². The first-order valence-corrected chi connectivity index (χ1v) is 12.8. The van der Waals surface area contributed by atoms with Crippen LogP contribution >= 0.6 is 11.6 Å². The maximum absolute atomic E-state index is 13.1. The van der Waals surface area contributed by atoms with E-state index in [-0.39, 0.29) is 21.9 Å². The van der Waals surface area contributed by atoms with Crippen LogP contribution in [0.5, 0.6) is 0 Å². The van der Waals surface area contributed by atoms with Gasteiger partial charge in [0.15, 0.2) is 0 Å². The number of hydrogen-bond acceptors (Lipinski definition) is 4. The van der Waals surface area contributed by atoms with Crippen molar-refractivity contribution in [2.45, 2.75) is 50.5 Å². The Bertz CT molecular complexity index is 1380. The first-order chi connectivity index (χ1) is 15.7. The van der Waals surface area contributed by atoms with Crippen LogP contribution in [0, 0.1) is 12.8 Å². The fourth-order valence-electron chi connectivity index (χ4n) is 4.23. The monoisotopic (exact) mass is 487 g/mol. The molecule has 1 amide bonds. The molecule has 174 valence electrons. The third kappa shape index (κ3) is 4.77. The lowest BCUT2D eigenvalue weighted by Gasteiger charge is -2.29. The van der Waals surface area contributed by atoms with E-state index in [2.05, 4.69) is 21.9 Å². The number of fused-ring (bicyclic) bond motifs is 1. The third-order valence-corrected chi connectivity index (χ3v) is 8.12. The molecule has 7 nitrogen and oxygen atoms in total. The topological polar surface area (TPSA) is 108 Å². The quantitative estimate of drug-likeness (QED) is 0.488. The smallest absolute Gasteiger partial charge is 0.261 e. The minimum Gasteiger partial charge on any atom is -0.360 e.